The van der Waals surface area contributed by atoms with Gasteiger partial charge in [-0.3, -0.25) is 9.69 Å². The summed E-state index contributed by atoms with van der Waals surface area (Å²) in [7, 11) is 0. The summed E-state index contributed by atoms with van der Waals surface area (Å²) >= 11 is 1.15. The summed E-state index contributed by atoms with van der Waals surface area (Å²) in [4.78, 5) is 14.8. The molecule has 0 aliphatic carbocycles. The van der Waals surface area contributed by atoms with Crippen LogP contribution in [0.25, 0.3) is 11.0 Å². The molecule has 0 spiro atoms. The fourth-order valence-electron chi connectivity index (χ4n) is 2.99. The lowest BCUT2D eigenvalue weighted by atomic mass is 10.1. The largest absolute Gasteiger partial charge is 0.468 e. The number of nitrogens with one attached hydrogen (secondary N) is 1. The van der Waals surface area contributed by atoms with E-state index in [9.17, 15) is 4.79 Å². The van der Waals surface area contributed by atoms with Gasteiger partial charge in [-0.05, 0) is 30.3 Å². The minimum atomic E-state index is -0.125. The van der Waals surface area contributed by atoms with Crippen molar-refractivity contribution >= 4 is 28.7 Å². The molecule has 2 aromatic heterocycles. The molecule has 1 fully saturated rings. The Morgan fingerprint density at radius 1 is 1.24 bits per heavy atom. The molecule has 0 radical (unpaired) electrons. The minimum Gasteiger partial charge on any atom is -0.468 e. The maximum absolute atomic E-state index is 12.5. The number of hydrogen-bond donors (Lipinski definition) is 1. The van der Waals surface area contributed by atoms with Crippen molar-refractivity contribution in [2.75, 3.05) is 32.8 Å². The van der Waals surface area contributed by atoms with Crippen molar-refractivity contribution in [2.45, 2.75) is 6.04 Å². The second-order valence-electron chi connectivity index (χ2n) is 5.86. The second-order valence-corrected chi connectivity index (χ2v) is 6.39. The number of morpholine rings is 1. The monoisotopic (exact) mass is 358 g/mol. The van der Waals surface area contributed by atoms with E-state index < -0.39 is 0 Å². The first kappa shape index (κ1) is 16.2. The summed E-state index contributed by atoms with van der Waals surface area (Å²) in [5.41, 5.74) is 2.14. The second kappa shape index (κ2) is 7.30. The molecule has 1 aliphatic heterocycles. The van der Waals surface area contributed by atoms with E-state index in [1.807, 2.05) is 18.2 Å². The molecule has 0 saturated carbocycles. The van der Waals surface area contributed by atoms with E-state index in [2.05, 4.69) is 19.0 Å². The van der Waals surface area contributed by atoms with Gasteiger partial charge >= 0.3 is 0 Å². The highest BCUT2D eigenvalue weighted by Crippen LogP contribution is 2.22. The molecule has 0 unspecified atom stereocenters. The number of fused-ring (bicyclic) bond motifs is 1. The number of ether oxygens (including phenoxy) is 1. The molecule has 1 amide bonds. The fourth-order valence-corrected chi connectivity index (χ4v) is 3.51. The number of aromatic nitrogens is 2. The molecule has 8 heteroatoms. The Balaban J connectivity index is 1.47. The molecule has 25 heavy (non-hydrogen) atoms. The first-order chi connectivity index (χ1) is 12.3. The van der Waals surface area contributed by atoms with Crippen LogP contribution in [0.15, 0.2) is 41.0 Å². The van der Waals surface area contributed by atoms with Gasteiger partial charge in [0.15, 0.2) is 0 Å². The van der Waals surface area contributed by atoms with E-state index in [4.69, 9.17) is 9.15 Å². The summed E-state index contributed by atoms with van der Waals surface area (Å²) in [5.74, 6) is 0.723. The highest BCUT2D eigenvalue weighted by atomic mass is 32.1. The molecule has 3 heterocycles. The van der Waals surface area contributed by atoms with Crippen LogP contribution < -0.4 is 5.32 Å². The number of carbonyl (C=O) groups excluding carboxylic acids is 1. The van der Waals surface area contributed by atoms with E-state index in [0.717, 1.165) is 41.6 Å². The normalized spacial score (nSPS) is 16.8. The standard InChI is InChI=1S/C17H18N4O3S/c22-17(12-3-4-13-14(10-12)20-25-19-13)18-11-15(16-2-1-7-24-16)21-5-8-23-9-6-21/h1-4,7,10,15H,5-6,8-9,11H2,(H,18,22)/t15-/m0/s1. The Bertz CT molecular complexity index is 843. The average molecular weight is 358 g/mol. The zero-order valence-electron chi connectivity index (χ0n) is 13.6. The zero-order chi connectivity index (χ0) is 17.1. The minimum absolute atomic E-state index is 0.00693. The lowest BCUT2D eigenvalue weighted by Gasteiger charge is -2.33. The van der Waals surface area contributed by atoms with Gasteiger partial charge < -0.3 is 14.5 Å². The van der Waals surface area contributed by atoms with Gasteiger partial charge in [0.05, 0.1) is 37.2 Å². The van der Waals surface area contributed by atoms with Crippen LogP contribution in [-0.2, 0) is 4.74 Å². The number of hydrogen-bond acceptors (Lipinski definition) is 7. The molecule has 0 bridgehead atoms. The van der Waals surface area contributed by atoms with Gasteiger partial charge in [-0.15, -0.1) is 0 Å². The third kappa shape index (κ3) is 3.55. The lowest BCUT2D eigenvalue weighted by Crippen LogP contribution is -2.43. The van der Waals surface area contributed by atoms with Crippen LogP contribution in [0, 0.1) is 0 Å². The molecule has 130 valence electrons. The number of amides is 1. The molecule has 7 nitrogen and oxygen atoms in total. The molecule has 3 aromatic rings. The summed E-state index contributed by atoms with van der Waals surface area (Å²) < 4.78 is 19.3. The molecule has 1 atom stereocenters. The summed E-state index contributed by atoms with van der Waals surface area (Å²) in [6, 6.07) is 9.17. The Kier molecular flexibility index (Phi) is 4.73. The molecule has 4 rings (SSSR count). The van der Waals surface area contributed by atoms with E-state index in [-0.39, 0.29) is 11.9 Å². The molecule has 1 aromatic carbocycles. The molecule has 1 saturated heterocycles. The van der Waals surface area contributed by atoms with Crippen LogP contribution in [0.1, 0.15) is 22.2 Å². The number of benzene rings is 1. The Labute approximate surface area is 148 Å². The van der Waals surface area contributed by atoms with Crippen LogP contribution >= 0.6 is 11.7 Å². The first-order valence-corrected chi connectivity index (χ1v) is 8.90. The van der Waals surface area contributed by atoms with Crippen LogP contribution in [0.4, 0.5) is 0 Å². The quantitative estimate of drug-likeness (QED) is 0.752. The van der Waals surface area contributed by atoms with Crippen molar-refractivity contribution in [3.05, 3.63) is 47.9 Å². The van der Waals surface area contributed by atoms with Gasteiger partial charge in [0.25, 0.3) is 5.91 Å². The Morgan fingerprint density at radius 3 is 2.88 bits per heavy atom. The number of nitrogens with zero attached hydrogens (tertiary/aromatic N) is 3. The summed E-state index contributed by atoms with van der Waals surface area (Å²) in [5, 5.41) is 3.02. The van der Waals surface area contributed by atoms with E-state index in [0.29, 0.717) is 25.3 Å². The van der Waals surface area contributed by atoms with Crippen molar-refractivity contribution in [3.8, 4) is 0 Å². The van der Waals surface area contributed by atoms with Crippen molar-refractivity contribution in [1.29, 1.82) is 0 Å². The van der Waals surface area contributed by atoms with Crippen LogP contribution in [-0.4, -0.2) is 52.4 Å². The number of carbonyl (C=O) groups is 1. The van der Waals surface area contributed by atoms with Crippen LogP contribution in [0.5, 0.6) is 0 Å². The SMILES string of the molecule is O=C(NC[C@@H](c1ccco1)N1CCOCC1)c1ccc2nsnc2c1. The maximum atomic E-state index is 12.5. The van der Waals surface area contributed by atoms with Crippen molar-refractivity contribution in [3.63, 3.8) is 0 Å². The van der Waals surface area contributed by atoms with Gasteiger partial charge in [0.1, 0.15) is 16.8 Å². The average Bonchev–Trinajstić information content (AvgIpc) is 3.34. The van der Waals surface area contributed by atoms with E-state index >= 15 is 0 Å². The smallest absolute Gasteiger partial charge is 0.251 e. The van der Waals surface area contributed by atoms with Gasteiger partial charge in [-0.2, -0.15) is 8.75 Å². The van der Waals surface area contributed by atoms with Gasteiger partial charge in [0.2, 0.25) is 0 Å². The van der Waals surface area contributed by atoms with Crippen molar-refractivity contribution < 1.29 is 13.9 Å². The van der Waals surface area contributed by atoms with E-state index in [1.54, 1.807) is 18.4 Å². The van der Waals surface area contributed by atoms with Crippen LogP contribution in [0.2, 0.25) is 0 Å². The van der Waals surface area contributed by atoms with Gasteiger partial charge in [0, 0.05) is 25.2 Å². The highest BCUT2D eigenvalue weighted by Gasteiger charge is 2.25. The molecular formula is C17H18N4O3S. The fraction of sp³-hybridized carbons (Fsp3) is 0.353. The molecule has 1 aliphatic rings. The van der Waals surface area contributed by atoms with Crippen molar-refractivity contribution in [2.24, 2.45) is 0 Å². The highest BCUT2D eigenvalue weighted by molar-refractivity contribution is 7.00. The maximum Gasteiger partial charge on any atom is 0.251 e. The molecular weight excluding hydrogens is 340 g/mol. The predicted octanol–water partition coefficient (Wildman–Crippen LogP) is 2.09. The third-order valence-electron chi connectivity index (χ3n) is 4.33. The first-order valence-electron chi connectivity index (χ1n) is 8.17. The number of furan rings is 1. The predicted molar refractivity (Wildman–Crippen MR) is 93.6 cm³/mol. The van der Waals surface area contributed by atoms with E-state index in [1.165, 1.54) is 0 Å². The lowest BCUT2D eigenvalue weighted by molar-refractivity contribution is 0.0118. The van der Waals surface area contributed by atoms with Gasteiger partial charge in [-0.25, -0.2) is 0 Å². The van der Waals surface area contributed by atoms with Gasteiger partial charge in [-0.1, -0.05) is 0 Å². The summed E-state index contributed by atoms with van der Waals surface area (Å²) in [6.07, 6.45) is 1.66. The summed E-state index contributed by atoms with van der Waals surface area (Å²) in [6.45, 7) is 3.49. The Morgan fingerprint density at radius 2 is 2.08 bits per heavy atom. The number of rotatable bonds is 5. The third-order valence-corrected chi connectivity index (χ3v) is 4.89. The topological polar surface area (TPSA) is 80.5 Å². The zero-order valence-corrected chi connectivity index (χ0v) is 14.4. The van der Waals surface area contributed by atoms with Crippen molar-refractivity contribution in [1.82, 2.24) is 19.0 Å². The van der Waals surface area contributed by atoms with Crippen LogP contribution in [0.3, 0.4) is 0 Å². The molecule has 1 N–H and O–H groups in total. The Hall–Kier alpha value is -2.29.